The summed E-state index contributed by atoms with van der Waals surface area (Å²) in [6, 6.07) is 31.9. The number of rotatable bonds is 5. The fourth-order valence-electron chi connectivity index (χ4n) is 9.39. The van der Waals surface area contributed by atoms with Crippen molar-refractivity contribution < 1.29 is 28.7 Å². The fourth-order valence-corrected chi connectivity index (χ4v) is 9.52. The Morgan fingerprint density at radius 2 is 1.44 bits per heavy atom. The number of imide groups is 2. The van der Waals surface area contributed by atoms with Gasteiger partial charge < -0.3 is 5.11 Å². The van der Waals surface area contributed by atoms with Crippen LogP contribution in [0.4, 0.5) is 15.8 Å². The molecule has 9 rings (SSSR count). The zero-order valence-electron chi connectivity index (χ0n) is 27.6. The Bertz CT molecular complexity index is 2350. The quantitative estimate of drug-likeness (QED) is 0.144. The summed E-state index contributed by atoms with van der Waals surface area (Å²) in [5, 5.41) is 13.7. The van der Waals surface area contributed by atoms with Crippen LogP contribution in [0.2, 0.25) is 5.02 Å². The second kappa shape index (κ2) is 11.9. The van der Waals surface area contributed by atoms with E-state index in [-0.39, 0.29) is 30.4 Å². The molecular formula is C42H31ClFN3O5. The van der Waals surface area contributed by atoms with Crippen LogP contribution >= 0.6 is 11.6 Å². The van der Waals surface area contributed by atoms with E-state index in [1.54, 1.807) is 66.7 Å². The van der Waals surface area contributed by atoms with E-state index in [2.05, 4.69) is 5.43 Å². The first-order valence-corrected chi connectivity index (χ1v) is 17.6. The number of hydrazine groups is 1. The molecule has 2 saturated heterocycles. The predicted molar refractivity (Wildman–Crippen MR) is 194 cm³/mol. The Hall–Kier alpha value is -5.80. The maximum atomic E-state index is 15.4. The number of nitrogens with zero attached hydrogens (tertiary/aromatic N) is 2. The van der Waals surface area contributed by atoms with Gasteiger partial charge in [0, 0.05) is 16.3 Å². The van der Waals surface area contributed by atoms with Crippen molar-refractivity contribution in [3.63, 3.8) is 0 Å². The van der Waals surface area contributed by atoms with Gasteiger partial charge in [0.25, 0.3) is 11.8 Å². The van der Waals surface area contributed by atoms with Gasteiger partial charge in [0.05, 0.1) is 34.5 Å². The SMILES string of the molecule is O=C1[C@@H]2C[C@@H]3C(=CC[C@@H]4C(=O)N(c5ccccc5)C(=O)[C@@H]43)[C@H](c3ccc(O)c4ccccc34)[C@]2(c2ccc(Cl)cc2)C(=O)N1Nc1ccc(F)cc1. The van der Waals surface area contributed by atoms with Crippen molar-refractivity contribution in [3.05, 3.63) is 149 Å². The first kappa shape index (κ1) is 32.1. The van der Waals surface area contributed by atoms with Gasteiger partial charge in [-0.05, 0) is 89.9 Å². The molecule has 5 aromatic rings. The standard InChI is InChI=1S/C42H31ClFN3O5/c43-24-12-10-23(11-13-24)42-34(39(50)47(41(42)52)45-26-16-14-25(44)15-17-26)22-33-31(37(42)30-20-21-35(48)29-9-5-4-8-28(29)30)18-19-32-36(33)40(51)46(38(32)49)27-6-2-1-3-7-27/h1-18,20-21,32-34,36-37,45,48H,19,22H2/t32-,33+,34-,36-,37-,42+/m0/s1. The van der Waals surface area contributed by atoms with Crippen LogP contribution in [0, 0.1) is 29.5 Å². The van der Waals surface area contributed by atoms with Gasteiger partial charge in [-0.2, -0.15) is 5.01 Å². The van der Waals surface area contributed by atoms with Crippen molar-refractivity contribution in [2.24, 2.45) is 23.7 Å². The maximum Gasteiger partial charge on any atom is 0.260 e. The lowest BCUT2D eigenvalue weighted by Crippen LogP contribution is -2.53. The van der Waals surface area contributed by atoms with Gasteiger partial charge in [-0.1, -0.05) is 83.9 Å². The van der Waals surface area contributed by atoms with Crippen molar-refractivity contribution in [3.8, 4) is 5.75 Å². The van der Waals surface area contributed by atoms with E-state index in [0.29, 0.717) is 38.3 Å². The average Bonchev–Trinajstić information content (AvgIpc) is 3.54. The number of para-hydroxylation sites is 1. The summed E-state index contributed by atoms with van der Waals surface area (Å²) in [5.41, 5.74) is 4.32. The first-order valence-electron chi connectivity index (χ1n) is 17.2. The normalized spacial score (nSPS) is 26.7. The minimum Gasteiger partial charge on any atom is -0.507 e. The van der Waals surface area contributed by atoms with Gasteiger partial charge in [-0.15, -0.1) is 0 Å². The summed E-state index contributed by atoms with van der Waals surface area (Å²) < 4.78 is 13.9. The van der Waals surface area contributed by atoms with Gasteiger partial charge in [0.2, 0.25) is 11.8 Å². The largest absolute Gasteiger partial charge is 0.507 e. The number of carbonyl (C=O) groups excluding carboxylic acids is 4. The number of carbonyl (C=O) groups is 4. The maximum absolute atomic E-state index is 15.4. The number of anilines is 2. The summed E-state index contributed by atoms with van der Waals surface area (Å²) in [6.45, 7) is 0. The Kier molecular flexibility index (Phi) is 7.34. The van der Waals surface area contributed by atoms with Crippen LogP contribution < -0.4 is 10.3 Å². The Labute approximate surface area is 303 Å². The molecule has 2 aliphatic carbocycles. The number of halogens is 2. The van der Waals surface area contributed by atoms with Crippen molar-refractivity contribution in [1.29, 1.82) is 0 Å². The number of amides is 4. The van der Waals surface area contributed by atoms with Crippen LogP contribution in [-0.2, 0) is 24.6 Å². The molecule has 0 aromatic heterocycles. The van der Waals surface area contributed by atoms with Gasteiger partial charge >= 0.3 is 0 Å². The molecule has 6 atom stereocenters. The number of phenols is 1. The van der Waals surface area contributed by atoms with Crippen LogP contribution in [0.25, 0.3) is 10.8 Å². The Morgan fingerprint density at radius 1 is 0.750 bits per heavy atom. The molecule has 4 aliphatic rings. The lowest BCUT2D eigenvalue weighted by atomic mass is 9.49. The highest BCUT2D eigenvalue weighted by molar-refractivity contribution is 6.30. The van der Waals surface area contributed by atoms with Crippen molar-refractivity contribution in [2.75, 3.05) is 10.3 Å². The number of fused-ring (bicyclic) bond motifs is 5. The summed E-state index contributed by atoms with van der Waals surface area (Å²) >= 11 is 6.40. The van der Waals surface area contributed by atoms with E-state index in [9.17, 15) is 23.9 Å². The van der Waals surface area contributed by atoms with Crippen LogP contribution in [0.3, 0.4) is 0 Å². The predicted octanol–water partition coefficient (Wildman–Crippen LogP) is 7.53. The molecule has 0 radical (unpaired) electrons. The van der Waals surface area contributed by atoms with Crippen LogP contribution in [0.5, 0.6) is 5.75 Å². The molecule has 4 amide bonds. The molecule has 0 unspecified atom stereocenters. The number of aromatic hydroxyl groups is 1. The molecular weight excluding hydrogens is 681 g/mol. The molecule has 258 valence electrons. The Morgan fingerprint density at radius 3 is 2.17 bits per heavy atom. The van der Waals surface area contributed by atoms with Gasteiger partial charge in [-0.3, -0.25) is 29.5 Å². The third-order valence-corrected chi connectivity index (χ3v) is 11.8. The minimum atomic E-state index is -1.53. The smallest absolute Gasteiger partial charge is 0.260 e. The van der Waals surface area contributed by atoms with Gasteiger partial charge in [0.15, 0.2) is 0 Å². The number of hydrogen-bond acceptors (Lipinski definition) is 6. The van der Waals surface area contributed by atoms with Crippen LogP contribution in [0.15, 0.2) is 127 Å². The van der Waals surface area contributed by atoms with Crippen molar-refractivity contribution in [2.45, 2.75) is 24.2 Å². The Balaban J connectivity index is 1.29. The molecule has 2 N–H and O–H groups in total. The summed E-state index contributed by atoms with van der Waals surface area (Å²) in [5.74, 6) is -5.79. The second-order valence-electron chi connectivity index (χ2n) is 13.9. The lowest BCUT2D eigenvalue weighted by molar-refractivity contribution is -0.138. The molecule has 0 spiro atoms. The fraction of sp³-hybridized carbons (Fsp3) is 0.190. The average molecular weight is 712 g/mol. The van der Waals surface area contributed by atoms with E-state index >= 15 is 4.79 Å². The summed E-state index contributed by atoms with van der Waals surface area (Å²) in [4.78, 5) is 60.0. The van der Waals surface area contributed by atoms with E-state index in [4.69, 9.17) is 11.6 Å². The number of hydrogen-bond donors (Lipinski definition) is 2. The van der Waals surface area contributed by atoms with Crippen molar-refractivity contribution in [1.82, 2.24) is 5.01 Å². The summed E-state index contributed by atoms with van der Waals surface area (Å²) in [6.07, 6.45) is 2.40. The molecule has 2 aliphatic heterocycles. The van der Waals surface area contributed by atoms with E-state index in [1.165, 1.54) is 29.2 Å². The minimum absolute atomic E-state index is 0.0602. The highest BCUT2D eigenvalue weighted by Crippen LogP contribution is 2.65. The molecule has 1 saturated carbocycles. The van der Waals surface area contributed by atoms with Crippen molar-refractivity contribution >= 4 is 57.4 Å². The third-order valence-electron chi connectivity index (χ3n) is 11.5. The zero-order chi connectivity index (χ0) is 35.9. The molecule has 5 aromatic carbocycles. The number of benzene rings is 5. The number of allylic oxidation sites excluding steroid dienone is 2. The van der Waals surface area contributed by atoms with Crippen LogP contribution in [0.1, 0.15) is 29.9 Å². The molecule has 10 heteroatoms. The highest BCUT2D eigenvalue weighted by Gasteiger charge is 2.70. The molecule has 0 bridgehead atoms. The van der Waals surface area contributed by atoms with Crippen LogP contribution in [-0.4, -0.2) is 33.7 Å². The highest BCUT2D eigenvalue weighted by atomic mass is 35.5. The zero-order valence-corrected chi connectivity index (χ0v) is 28.3. The third kappa shape index (κ3) is 4.51. The molecule has 8 nitrogen and oxygen atoms in total. The van der Waals surface area contributed by atoms with E-state index < -0.39 is 52.6 Å². The second-order valence-corrected chi connectivity index (χ2v) is 14.4. The number of nitrogens with one attached hydrogen (secondary N) is 1. The molecule has 3 fully saturated rings. The van der Waals surface area contributed by atoms with E-state index in [1.807, 2.05) is 30.3 Å². The number of phenolic OH excluding ortho intramolecular Hbond substituents is 1. The monoisotopic (exact) mass is 711 g/mol. The van der Waals surface area contributed by atoms with E-state index in [0.717, 1.165) is 10.6 Å². The van der Waals surface area contributed by atoms with Gasteiger partial charge in [0.1, 0.15) is 11.6 Å². The lowest BCUT2D eigenvalue weighted by Gasteiger charge is -2.51. The topological polar surface area (TPSA) is 107 Å². The molecule has 52 heavy (non-hydrogen) atoms. The molecule has 2 heterocycles. The first-order chi connectivity index (χ1) is 25.2. The summed E-state index contributed by atoms with van der Waals surface area (Å²) in [7, 11) is 0. The van der Waals surface area contributed by atoms with Gasteiger partial charge in [-0.25, -0.2) is 4.39 Å².